The summed E-state index contributed by atoms with van der Waals surface area (Å²) in [5.41, 5.74) is 4.18. The van der Waals surface area contributed by atoms with Crippen LogP contribution in [0.2, 0.25) is 0 Å². The average Bonchev–Trinajstić information content (AvgIpc) is 3.25. The topological polar surface area (TPSA) is 86.8 Å². The number of morpholine rings is 1. The van der Waals surface area contributed by atoms with Crippen molar-refractivity contribution in [3.63, 3.8) is 0 Å². The molecule has 0 saturated carbocycles. The molecule has 0 amide bonds. The van der Waals surface area contributed by atoms with Crippen LogP contribution in [0, 0.1) is 10.1 Å². The Morgan fingerprint density at radius 3 is 2.41 bits per heavy atom. The van der Waals surface area contributed by atoms with Crippen molar-refractivity contribution in [2.45, 2.75) is 19.3 Å². The van der Waals surface area contributed by atoms with Crippen LogP contribution in [0.3, 0.4) is 0 Å². The Kier molecular flexibility index (Phi) is 5.59. The summed E-state index contributed by atoms with van der Waals surface area (Å²) in [5.74, 6) is 0. The molecule has 0 bridgehead atoms. The fourth-order valence-corrected chi connectivity index (χ4v) is 8.89. The molecule has 5 rings (SSSR count). The van der Waals surface area contributed by atoms with Crippen molar-refractivity contribution in [2.24, 2.45) is 9.85 Å². The zero-order valence-corrected chi connectivity index (χ0v) is 20.8. The van der Waals surface area contributed by atoms with Gasteiger partial charge < -0.3 is 9.64 Å². The van der Waals surface area contributed by atoms with Crippen molar-refractivity contribution >= 4 is 30.6 Å². The minimum atomic E-state index is -2.52. The third kappa shape index (κ3) is 3.38. The molecule has 178 valence electrons. The molecule has 10 heteroatoms. The summed E-state index contributed by atoms with van der Waals surface area (Å²) in [6.07, 6.45) is 1.97. The molecule has 0 spiro atoms. The third-order valence-electron chi connectivity index (χ3n) is 6.88. The molecule has 2 aromatic rings. The predicted molar refractivity (Wildman–Crippen MR) is 136 cm³/mol. The first kappa shape index (κ1) is 22.8. The van der Waals surface area contributed by atoms with E-state index in [-0.39, 0.29) is 16.0 Å². The molecule has 2 aromatic carbocycles. The summed E-state index contributed by atoms with van der Waals surface area (Å²) in [6, 6.07) is 15.0. The molecule has 1 atom stereocenters. The van der Waals surface area contributed by atoms with E-state index in [4.69, 9.17) is 14.6 Å². The molecule has 0 unspecified atom stereocenters. The van der Waals surface area contributed by atoms with Crippen LogP contribution in [0.1, 0.15) is 19.4 Å². The SMILES string of the molecule is CN1/C(=C2\C=NN(C)[P@@]2(=Nc2ccc([N+](=O)[O-])cc2)N2CCOCC2)C(C)(C)c2ccccc21. The summed E-state index contributed by atoms with van der Waals surface area (Å²) in [7, 11) is 1.57. The number of nitro groups is 1. The van der Waals surface area contributed by atoms with Gasteiger partial charge in [0.15, 0.2) is 7.36 Å². The van der Waals surface area contributed by atoms with E-state index >= 15 is 0 Å². The number of non-ortho nitro benzene ring substituents is 1. The molecule has 1 fully saturated rings. The number of rotatable bonds is 3. The Labute approximate surface area is 199 Å². The van der Waals surface area contributed by atoms with Gasteiger partial charge in [0.2, 0.25) is 0 Å². The van der Waals surface area contributed by atoms with Crippen LogP contribution in [0.5, 0.6) is 0 Å². The maximum atomic E-state index is 11.2. The minimum absolute atomic E-state index is 0.0550. The van der Waals surface area contributed by atoms with Crippen molar-refractivity contribution in [3.8, 4) is 0 Å². The molecule has 0 radical (unpaired) electrons. The normalized spacial score (nSPS) is 26.1. The monoisotopic (exact) mass is 480 g/mol. The summed E-state index contributed by atoms with van der Waals surface area (Å²) in [6.45, 7) is 7.26. The standard InChI is InChI=1S/C24H29N6O3P/c1-24(2)20-7-5-6-8-21(20)27(3)23(24)22-17-25-28(4)34(22,29-13-15-33-16-14-29)26-18-9-11-19(12-10-18)30(31)32/h5-12,17H,13-16H2,1-4H3/b23-22+/t34-/m1/s1. The van der Waals surface area contributed by atoms with Crippen LogP contribution in [0.4, 0.5) is 17.1 Å². The number of nitro benzene ring substituents is 1. The molecule has 0 N–H and O–H groups in total. The molecule has 3 aliphatic rings. The molecular weight excluding hydrogens is 451 g/mol. The second-order valence-corrected chi connectivity index (χ2v) is 12.1. The number of nitrogens with zero attached hydrogens (tertiary/aromatic N) is 6. The number of hydrogen-bond donors (Lipinski definition) is 0. The van der Waals surface area contributed by atoms with Crippen molar-refractivity contribution in [1.82, 2.24) is 9.45 Å². The molecule has 3 heterocycles. The fraction of sp³-hybridized carbons (Fsp3) is 0.375. The Morgan fingerprint density at radius 2 is 1.76 bits per heavy atom. The van der Waals surface area contributed by atoms with Gasteiger partial charge in [0.25, 0.3) is 5.69 Å². The quantitative estimate of drug-likeness (QED) is 0.343. The van der Waals surface area contributed by atoms with Gasteiger partial charge in [-0.3, -0.25) is 10.1 Å². The first-order valence-corrected chi connectivity index (χ1v) is 13.0. The number of anilines is 1. The van der Waals surface area contributed by atoms with Gasteiger partial charge in [-0.25, -0.2) is 14.2 Å². The number of ether oxygens (including phenoxy) is 1. The molecular formula is C24H29N6O3P. The number of allylic oxidation sites excluding steroid dienone is 2. The van der Waals surface area contributed by atoms with Crippen LogP contribution in [-0.2, 0) is 10.2 Å². The van der Waals surface area contributed by atoms with Gasteiger partial charge in [-0.05, 0) is 23.8 Å². The first-order valence-electron chi connectivity index (χ1n) is 11.3. The highest BCUT2D eigenvalue weighted by Gasteiger charge is 2.48. The zero-order chi connectivity index (χ0) is 24.1. The lowest BCUT2D eigenvalue weighted by molar-refractivity contribution is -0.384. The summed E-state index contributed by atoms with van der Waals surface area (Å²) in [5, 5.41) is 17.1. The number of likely N-dealkylation sites (N-methyl/N-ethyl adjacent to an activating group) is 1. The van der Waals surface area contributed by atoms with Crippen molar-refractivity contribution in [1.29, 1.82) is 0 Å². The van der Waals surface area contributed by atoms with Gasteiger partial charge in [0, 0.05) is 56.1 Å². The van der Waals surface area contributed by atoms with E-state index in [0.717, 1.165) is 18.4 Å². The molecule has 9 nitrogen and oxygen atoms in total. The van der Waals surface area contributed by atoms with E-state index in [1.54, 1.807) is 12.1 Å². The molecule has 3 aliphatic heterocycles. The smallest absolute Gasteiger partial charge is 0.269 e. The zero-order valence-electron chi connectivity index (χ0n) is 19.9. The summed E-state index contributed by atoms with van der Waals surface area (Å²) < 4.78 is 15.4. The van der Waals surface area contributed by atoms with Crippen LogP contribution in [-0.4, -0.2) is 61.0 Å². The maximum Gasteiger partial charge on any atom is 0.269 e. The molecule has 34 heavy (non-hydrogen) atoms. The van der Waals surface area contributed by atoms with Crippen molar-refractivity contribution < 1.29 is 9.66 Å². The second-order valence-electron chi connectivity index (χ2n) is 9.18. The van der Waals surface area contributed by atoms with Crippen LogP contribution < -0.4 is 4.90 Å². The van der Waals surface area contributed by atoms with E-state index in [2.05, 4.69) is 54.7 Å². The van der Waals surface area contributed by atoms with Gasteiger partial charge in [-0.1, -0.05) is 32.0 Å². The van der Waals surface area contributed by atoms with Gasteiger partial charge in [-0.15, -0.1) is 0 Å². The fourth-order valence-electron chi connectivity index (χ4n) is 5.25. The lowest BCUT2D eigenvalue weighted by Gasteiger charge is -2.41. The van der Waals surface area contributed by atoms with E-state index in [9.17, 15) is 10.1 Å². The summed E-state index contributed by atoms with van der Waals surface area (Å²) >= 11 is 0. The van der Waals surface area contributed by atoms with Crippen molar-refractivity contribution in [3.05, 3.63) is 75.2 Å². The molecule has 0 aromatic heterocycles. The van der Waals surface area contributed by atoms with Gasteiger partial charge in [0.05, 0.1) is 35.4 Å². The number of fused-ring (bicyclic) bond motifs is 1. The molecule has 1 saturated heterocycles. The highest BCUT2D eigenvalue weighted by atomic mass is 31.2. The third-order valence-corrected chi connectivity index (χ3v) is 10.5. The maximum absolute atomic E-state index is 11.2. The first-order chi connectivity index (χ1) is 16.3. The minimum Gasteiger partial charge on any atom is -0.379 e. The van der Waals surface area contributed by atoms with Crippen LogP contribution >= 0.6 is 7.36 Å². The molecule has 0 aliphatic carbocycles. The summed E-state index contributed by atoms with van der Waals surface area (Å²) in [4.78, 5) is 13.1. The van der Waals surface area contributed by atoms with Gasteiger partial charge in [0.1, 0.15) is 0 Å². The van der Waals surface area contributed by atoms with E-state index < -0.39 is 7.36 Å². The van der Waals surface area contributed by atoms with Crippen molar-refractivity contribution in [2.75, 3.05) is 45.3 Å². The van der Waals surface area contributed by atoms with Crippen LogP contribution in [0.25, 0.3) is 0 Å². The van der Waals surface area contributed by atoms with E-state index in [1.165, 1.54) is 29.1 Å². The number of benzene rings is 2. The van der Waals surface area contributed by atoms with E-state index in [1.807, 2.05) is 18.0 Å². The number of hydrazone groups is 1. The Hall–Kier alpha value is -3.00. The van der Waals surface area contributed by atoms with Gasteiger partial charge in [-0.2, -0.15) is 5.10 Å². The number of hydrogen-bond acceptors (Lipinski definition) is 6. The highest BCUT2D eigenvalue weighted by molar-refractivity contribution is 7.67. The highest BCUT2D eigenvalue weighted by Crippen LogP contribution is 2.69. The second kappa shape index (κ2) is 8.34. The van der Waals surface area contributed by atoms with Crippen LogP contribution in [0.15, 0.2) is 69.4 Å². The Bertz CT molecular complexity index is 1250. The lowest BCUT2D eigenvalue weighted by atomic mass is 9.84. The average molecular weight is 481 g/mol. The van der Waals surface area contributed by atoms with Gasteiger partial charge >= 0.3 is 0 Å². The lowest BCUT2D eigenvalue weighted by Crippen LogP contribution is -2.37. The largest absolute Gasteiger partial charge is 0.379 e. The Morgan fingerprint density at radius 1 is 1.09 bits per heavy atom. The predicted octanol–water partition coefficient (Wildman–Crippen LogP) is 5.16. The number of para-hydroxylation sites is 1. The Balaban J connectivity index is 1.76. The van der Waals surface area contributed by atoms with E-state index in [0.29, 0.717) is 18.9 Å².